The lowest BCUT2D eigenvalue weighted by Crippen LogP contribution is -2.49. The molecule has 1 aromatic heterocycles. The van der Waals surface area contributed by atoms with Gasteiger partial charge in [0, 0.05) is 37.4 Å². The molecule has 2 heterocycles. The molecule has 1 N–H and O–H groups in total. The molecule has 7 heteroatoms. The molecule has 29 heavy (non-hydrogen) atoms. The van der Waals surface area contributed by atoms with Crippen LogP contribution in [0.5, 0.6) is 0 Å². The first-order chi connectivity index (χ1) is 14.0. The summed E-state index contributed by atoms with van der Waals surface area (Å²) in [5.41, 5.74) is 0.972. The molecule has 1 saturated heterocycles. The number of rotatable bonds is 6. The number of carbonyl (C=O) groups is 3. The van der Waals surface area contributed by atoms with Gasteiger partial charge in [0.15, 0.2) is 0 Å². The summed E-state index contributed by atoms with van der Waals surface area (Å²) in [7, 11) is 0. The van der Waals surface area contributed by atoms with Crippen molar-refractivity contribution in [3.8, 4) is 0 Å². The largest absolute Gasteiger partial charge is 0.477 e. The van der Waals surface area contributed by atoms with Crippen LogP contribution >= 0.6 is 0 Å². The topological polar surface area (TPSA) is 90.8 Å². The zero-order valence-corrected chi connectivity index (χ0v) is 16.5. The van der Waals surface area contributed by atoms with Crippen molar-refractivity contribution < 1.29 is 19.5 Å². The number of aromatic nitrogens is 1. The molecule has 1 aliphatic heterocycles. The number of carboxylic acids is 1. The van der Waals surface area contributed by atoms with Gasteiger partial charge in [-0.1, -0.05) is 25.1 Å². The van der Waals surface area contributed by atoms with Gasteiger partial charge < -0.3 is 14.9 Å². The van der Waals surface area contributed by atoms with Gasteiger partial charge in [-0.05, 0) is 43.5 Å². The molecule has 7 nitrogen and oxygen atoms in total. The van der Waals surface area contributed by atoms with E-state index in [2.05, 4.69) is 4.98 Å². The summed E-state index contributed by atoms with van der Waals surface area (Å²) in [6.07, 6.45) is 3.56. The highest BCUT2D eigenvalue weighted by Gasteiger charge is 2.30. The number of benzene rings is 1. The second kappa shape index (κ2) is 9.32. The first-order valence-electron chi connectivity index (χ1n) is 9.86. The Hall–Kier alpha value is -3.22. The van der Waals surface area contributed by atoms with E-state index in [1.165, 1.54) is 18.3 Å². The molecule has 0 atom stereocenters. The van der Waals surface area contributed by atoms with Gasteiger partial charge >= 0.3 is 5.97 Å². The average molecular weight is 395 g/mol. The first-order valence-corrected chi connectivity index (χ1v) is 9.86. The normalized spacial score (nSPS) is 14.4. The lowest BCUT2D eigenvalue weighted by Gasteiger charge is -2.38. The number of likely N-dealkylation sites (tertiary alicyclic amines) is 1. The highest BCUT2D eigenvalue weighted by molar-refractivity contribution is 5.95. The minimum absolute atomic E-state index is 0.0193. The van der Waals surface area contributed by atoms with Crippen molar-refractivity contribution in [2.75, 3.05) is 19.6 Å². The summed E-state index contributed by atoms with van der Waals surface area (Å²) in [6, 6.07) is 12.1. The van der Waals surface area contributed by atoms with Crippen molar-refractivity contribution in [1.82, 2.24) is 14.8 Å². The second-order valence-electron chi connectivity index (χ2n) is 7.13. The van der Waals surface area contributed by atoms with E-state index in [-0.39, 0.29) is 23.6 Å². The molecule has 2 amide bonds. The average Bonchev–Trinajstić information content (AvgIpc) is 2.77. The van der Waals surface area contributed by atoms with Gasteiger partial charge in [-0.2, -0.15) is 0 Å². The molecule has 1 aliphatic rings. The number of carboxylic acid groups (broad SMARTS) is 1. The Morgan fingerprint density at radius 2 is 1.76 bits per heavy atom. The zero-order chi connectivity index (χ0) is 20.8. The van der Waals surface area contributed by atoms with E-state index in [9.17, 15) is 14.4 Å². The van der Waals surface area contributed by atoms with Crippen LogP contribution in [0.15, 0.2) is 48.7 Å². The van der Waals surface area contributed by atoms with Crippen molar-refractivity contribution in [2.45, 2.75) is 32.2 Å². The molecular weight excluding hydrogens is 370 g/mol. The van der Waals surface area contributed by atoms with Crippen LogP contribution in [0.1, 0.15) is 57.4 Å². The minimum atomic E-state index is -1.12. The third kappa shape index (κ3) is 4.80. The van der Waals surface area contributed by atoms with Crippen LogP contribution in [0.3, 0.4) is 0 Å². The maximum Gasteiger partial charge on any atom is 0.354 e. The Morgan fingerprint density at radius 1 is 1.07 bits per heavy atom. The molecule has 0 unspecified atom stereocenters. The number of nitrogens with zero attached hydrogens (tertiary/aromatic N) is 3. The smallest absolute Gasteiger partial charge is 0.354 e. The van der Waals surface area contributed by atoms with E-state index in [0.29, 0.717) is 43.6 Å². The monoisotopic (exact) mass is 395 g/mol. The molecule has 2 aromatic rings. The van der Waals surface area contributed by atoms with Gasteiger partial charge in [-0.25, -0.2) is 9.78 Å². The summed E-state index contributed by atoms with van der Waals surface area (Å²) in [5, 5.41) is 8.97. The van der Waals surface area contributed by atoms with Crippen LogP contribution < -0.4 is 0 Å². The van der Waals surface area contributed by atoms with Crippen LogP contribution in [0.2, 0.25) is 0 Å². The number of carbonyl (C=O) groups excluding carboxylic acids is 2. The van der Waals surface area contributed by atoms with Gasteiger partial charge in [0.1, 0.15) is 5.69 Å². The maximum absolute atomic E-state index is 13.0. The summed E-state index contributed by atoms with van der Waals surface area (Å²) in [6.45, 7) is 3.82. The molecule has 0 bridgehead atoms. The van der Waals surface area contributed by atoms with E-state index in [1.54, 1.807) is 0 Å². The van der Waals surface area contributed by atoms with Crippen molar-refractivity contribution >= 4 is 17.8 Å². The number of piperidine rings is 1. The van der Waals surface area contributed by atoms with Gasteiger partial charge in [-0.15, -0.1) is 0 Å². The summed E-state index contributed by atoms with van der Waals surface area (Å²) >= 11 is 0. The highest BCUT2D eigenvalue weighted by atomic mass is 16.4. The molecule has 0 spiro atoms. The molecular formula is C22H25N3O4. The Balaban J connectivity index is 1.66. The Labute approximate surface area is 170 Å². The second-order valence-corrected chi connectivity index (χ2v) is 7.13. The number of aromatic carboxylic acids is 1. The summed E-state index contributed by atoms with van der Waals surface area (Å²) < 4.78 is 0. The zero-order valence-electron chi connectivity index (χ0n) is 16.5. The third-order valence-corrected chi connectivity index (χ3v) is 5.17. The van der Waals surface area contributed by atoms with E-state index >= 15 is 0 Å². The fraction of sp³-hybridized carbons (Fsp3) is 0.364. The van der Waals surface area contributed by atoms with Crippen LogP contribution in [0, 0.1) is 0 Å². The molecule has 0 saturated carbocycles. The van der Waals surface area contributed by atoms with E-state index in [0.717, 1.165) is 6.42 Å². The van der Waals surface area contributed by atoms with Crippen molar-refractivity contribution in [3.63, 3.8) is 0 Å². The van der Waals surface area contributed by atoms with Crippen molar-refractivity contribution in [1.29, 1.82) is 0 Å². The predicted molar refractivity (Wildman–Crippen MR) is 108 cm³/mol. The van der Waals surface area contributed by atoms with Crippen LogP contribution in [0.4, 0.5) is 0 Å². The molecule has 0 aliphatic carbocycles. The molecule has 1 fully saturated rings. The molecule has 152 valence electrons. The first kappa shape index (κ1) is 20.5. The summed E-state index contributed by atoms with van der Waals surface area (Å²) in [5.74, 6) is -1.25. The van der Waals surface area contributed by atoms with Gasteiger partial charge in [0.2, 0.25) is 0 Å². The minimum Gasteiger partial charge on any atom is -0.477 e. The SMILES string of the molecule is CCCN(C(=O)c1ccc(C(=O)O)nc1)C1CCN(C(=O)c2ccccc2)CC1. The quantitative estimate of drug-likeness (QED) is 0.812. The lowest BCUT2D eigenvalue weighted by molar-refractivity contribution is 0.0517. The molecule has 0 radical (unpaired) electrons. The Bertz CT molecular complexity index is 859. The maximum atomic E-state index is 13.0. The fourth-order valence-corrected chi connectivity index (χ4v) is 3.65. The lowest BCUT2D eigenvalue weighted by atomic mass is 10.0. The Kier molecular flexibility index (Phi) is 6.59. The van der Waals surface area contributed by atoms with E-state index in [4.69, 9.17) is 5.11 Å². The predicted octanol–water partition coefficient (Wildman–Crippen LogP) is 2.94. The van der Waals surface area contributed by atoms with Crippen LogP contribution in [-0.2, 0) is 0 Å². The number of hydrogen-bond donors (Lipinski definition) is 1. The number of pyridine rings is 1. The third-order valence-electron chi connectivity index (χ3n) is 5.17. The summed E-state index contributed by atoms with van der Waals surface area (Å²) in [4.78, 5) is 44.1. The number of amides is 2. The fourth-order valence-electron chi connectivity index (χ4n) is 3.65. The van der Waals surface area contributed by atoms with Crippen molar-refractivity contribution in [3.05, 3.63) is 65.5 Å². The van der Waals surface area contributed by atoms with Gasteiger partial charge in [0.25, 0.3) is 11.8 Å². The molecule has 1 aromatic carbocycles. The molecule has 3 rings (SSSR count). The van der Waals surface area contributed by atoms with Crippen LogP contribution in [0.25, 0.3) is 0 Å². The standard InChI is InChI=1S/C22H25N3O4/c1-2-12-25(21(27)17-8-9-19(22(28)29)23-15-17)18-10-13-24(14-11-18)20(26)16-6-4-3-5-7-16/h3-9,15,18H,2,10-14H2,1H3,(H,28,29). The van der Waals surface area contributed by atoms with E-state index in [1.807, 2.05) is 47.1 Å². The number of hydrogen-bond acceptors (Lipinski definition) is 4. The van der Waals surface area contributed by atoms with Crippen LogP contribution in [-0.4, -0.2) is 63.4 Å². The van der Waals surface area contributed by atoms with Gasteiger partial charge in [-0.3, -0.25) is 9.59 Å². The van der Waals surface area contributed by atoms with E-state index < -0.39 is 5.97 Å². The highest BCUT2D eigenvalue weighted by Crippen LogP contribution is 2.21. The van der Waals surface area contributed by atoms with Gasteiger partial charge in [0.05, 0.1) is 5.56 Å². The van der Waals surface area contributed by atoms with Crippen molar-refractivity contribution in [2.24, 2.45) is 0 Å². The Morgan fingerprint density at radius 3 is 2.31 bits per heavy atom.